The Labute approximate surface area is 325 Å². The van der Waals surface area contributed by atoms with Gasteiger partial charge >= 0.3 is 5.97 Å². The molecule has 0 radical (unpaired) electrons. The van der Waals surface area contributed by atoms with E-state index in [0.29, 0.717) is 62.9 Å². The number of ketones is 1. The molecule has 0 saturated carbocycles. The lowest BCUT2D eigenvalue weighted by molar-refractivity contribution is -0.137. The third-order valence-corrected chi connectivity index (χ3v) is 9.61. The molecular weight excluding hydrogens is 717 g/mol. The van der Waals surface area contributed by atoms with Crippen LogP contribution in [0.25, 0.3) is 0 Å². The van der Waals surface area contributed by atoms with Crippen LogP contribution in [0.3, 0.4) is 0 Å². The Kier molecular flexibility index (Phi) is 26.1. The van der Waals surface area contributed by atoms with Crippen molar-refractivity contribution in [3.8, 4) is 0 Å². The van der Waals surface area contributed by atoms with Gasteiger partial charge in [0.05, 0.1) is 12.1 Å². The highest BCUT2D eigenvalue weighted by Gasteiger charge is 2.34. The molecule has 7 atom stereocenters. The van der Waals surface area contributed by atoms with Gasteiger partial charge in [0.2, 0.25) is 29.5 Å². The Morgan fingerprint density at radius 1 is 0.685 bits per heavy atom. The molecule has 0 saturated heterocycles. The quantitative estimate of drug-likeness (QED) is 0.0362. The minimum atomic E-state index is -1.16. The summed E-state index contributed by atoms with van der Waals surface area (Å²) in [4.78, 5) is 91.7. The molecular formula is C37H68N8O8S. The summed E-state index contributed by atoms with van der Waals surface area (Å²) in [6.07, 6.45) is 5.02. The molecule has 0 aromatic heterocycles. The van der Waals surface area contributed by atoms with Gasteiger partial charge in [-0.2, -0.15) is 11.8 Å². The van der Waals surface area contributed by atoms with Gasteiger partial charge in [0.15, 0.2) is 5.78 Å². The summed E-state index contributed by atoms with van der Waals surface area (Å²) in [5.41, 5.74) is 17.6. The number of carboxylic acids is 1. The van der Waals surface area contributed by atoms with Crippen molar-refractivity contribution in [3.63, 3.8) is 0 Å². The number of amides is 5. The monoisotopic (exact) mass is 784 g/mol. The van der Waals surface area contributed by atoms with E-state index in [1.807, 2.05) is 27.0 Å². The van der Waals surface area contributed by atoms with Crippen molar-refractivity contribution >= 4 is 53.1 Å². The molecule has 0 aliphatic carbocycles. The van der Waals surface area contributed by atoms with E-state index in [1.165, 1.54) is 11.8 Å². The summed E-state index contributed by atoms with van der Waals surface area (Å²) in [6, 6.07) is -6.27. The van der Waals surface area contributed by atoms with Crippen LogP contribution in [0.1, 0.15) is 105 Å². The van der Waals surface area contributed by atoms with Crippen LogP contribution in [0.2, 0.25) is 0 Å². The zero-order valence-corrected chi connectivity index (χ0v) is 34.0. The van der Waals surface area contributed by atoms with E-state index in [9.17, 15) is 33.6 Å². The van der Waals surface area contributed by atoms with E-state index >= 15 is 0 Å². The third kappa shape index (κ3) is 20.2. The molecule has 12 N–H and O–H groups in total. The fourth-order valence-corrected chi connectivity index (χ4v) is 5.95. The van der Waals surface area contributed by atoms with Crippen LogP contribution in [0.5, 0.6) is 0 Å². The van der Waals surface area contributed by atoms with Gasteiger partial charge in [0.25, 0.3) is 0 Å². The summed E-state index contributed by atoms with van der Waals surface area (Å²) in [6.45, 7) is 13.4. The summed E-state index contributed by atoms with van der Waals surface area (Å²) in [5.74, 6) is -4.30. The SMILES string of the molecule is C=C(C)C(=O)C(CCSC)NC(=O)C(CC(C)C)NC(=O)C(CCCCN)NC(=O)C(CCCCN)NC(=O)C(NC(=O)C(N)CCC(=O)O)C(C)CC. The second-order valence-corrected chi connectivity index (χ2v) is 15.3. The fourth-order valence-electron chi connectivity index (χ4n) is 5.48. The number of nitrogens with two attached hydrogens (primary N) is 3. The van der Waals surface area contributed by atoms with Crippen LogP contribution in [-0.4, -0.2) is 108 Å². The molecule has 0 aromatic rings. The summed E-state index contributed by atoms with van der Waals surface area (Å²) in [5, 5.41) is 22.7. The Hall–Kier alpha value is -3.54. The minimum absolute atomic E-state index is 0.0133. The summed E-state index contributed by atoms with van der Waals surface area (Å²) < 4.78 is 0. The molecule has 5 amide bonds. The van der Waals surface area contributed by atoms with Crippen molar-refractivity contribution in [1.82, 2.24) is 26.6 Å². The molecule has 310 valence electrons. The highest BCUT2D eigenvalue weighted by molar-refractivity contribution is 7.98. The summed E-state index contributed by atoms with van der Waals surface area (Å²) in [7, 11) is 0. The standard InChI is InChI=1S/C37H68N8O8S/c1-8-24(6)31(45-33(49)25(40)15-16-30(46)47)37(53)43-28(14-10-12-19-39)34(50)42-27(13-9-11-18-38)35(51)44-29(21-22(2)3)36(52)41-26(17-20-54-7)32(48)23(4)5/h22,24-29,31H,4,8-21,38-40H2,1-3,5-7H3,(H,41,52)(H,42,50)(H,43,53)(H,44,51)(H,45,49)(H,46,47). The maximum atomic E-state index is 13.9. The lowest BCUT2D eigenvalue weighted by Gasteiger charge is -2.29. The zero-order valence-electron chi connectivity index (χ0n) is 33.2. The first-order valence-corrected chi connectivity index (χ1v) is 20.4. The van der Waals surface area contributed by atoms with Crippen LogP contribution < -0.4 is 43.8 Å². The van der Waals surface area contributed by atoms with Crippen LogP contribution in [0, 0.1) is 11.8 Å². The topological polar surface area (TPSA) is 278 Å². The van der Waals surface area contributed by atoms with Crippen molar-refractivity contribution in [1.29, 1.82) is 0 Å². The van der Waals surface area contributed by atoms with E-state index in [2.05, 4.69) is 33.2 Å². The van der Waals surface area contributed by atoms with Gasteiger partial charge in [-0.05, 0) is 107 Å². The average molecular weight is 785 g/mol. The van der Waals surface area contributed by atoms with Gasteiger partial charge in [-0.25, -0.2) is 0 Å². The average Bonchev–Trinajstić information content (AvgIpc) is 3.12. The smallest absolute Gasteiger partial charge is 0.303 e. The molecule has 0 aliphatic heterocycles. The zero-order chi connectivity index (χ0) is 41.4. The Balaban J connectivity index is 6.32. The molecule has 0 fully saturated rings. The largest absolute Gasteiger partial charge is 0.481 e. The van der Waals surface area contributed by atoms with Crippen molar-refractivity contribution in [2.24, 2.45) is 29.0 Å². The Bertz CT molecular complexity index is 1240. The molecule has 16 nitrogen and oxygen atoms in total. The predicted molar refractivity (Wildman–Crippen MR) is 212 cm³/mol. The highest BCUT2D eigenvalue weighted by atomic mass is 32.2. The lowest BCUT2D eigenvalue weighted by atomic mass is 9.96. The molecule has 54 heavy (non-hydrogen) atoms. The Morgan fingerprint density at radius 2 is 1.17 bits per heavy atom. The highest BCUT2D eigenvalue weighted by Crippen LogP contribution is 2.13. The number of unbranched alkanes of at least 4 members (excludes halogenated alkanes) is 2. The van der Waals surface area contributed by atoms with Crippen molar-refractivity contribution in [3.05, 3.63) is 12.2 Å². The van der Waals surface area contributed by atoms with E-state index in [1.54, 1.807) is 13.8 Å². The third-order valence-electron chi connectivity index (χ3n) is 8.96. The van der Waals surface area contributed by atoms with Gasteiger partial charge in [-0.15, -0.1) is 0 Å². The molecule has 7 unspecified atom stereocenters. The molecule has 0 rings (SSSR count). The number of rotatable bonds is 30. The van der Waals surface area contributed by atoms with Crippen molar-refractivity contribution in [2.75, 3.05) is 25.1 Å². The first-order valence-electron chi connectivity index (χ1n) is 19.0. The molecule has 0 bridgehead atoms. The van der Waals surface area contributed by atoms with E-state index in [-0.39, 0.29) is 49.7 Å². The number of hydrogen-bond acceptors (Lipinski definition) is 11. The number of aliphatic carboxylic acids is 1. The molecule has 0 aliphatic rings. The van der Waals surface area contributed by atoms with Gasteiger partial charge < -0.3 is 48.9 Å². The normalized spacial score (nSPS) is 15.1. The number of hydrogen-bond donors (Lipinski definition) is 9. The van der Waals surface area contributed by atoms with E-state index in [4.69, 9.17) is 22.3 Å². The lowest BCUT2D eigenvalue weighted by Crippen LogP contribution is -2.60. The second-order valence-electron chi connectivity index (χ2n) is 14.3. The van der Waals surface area contributed by atoms with E-state index in [0.717, 1.165) is 0 Å². The van der Waals surface area contributed by atoms with Gasteiger partial charge in [0.1, 0.15) is 24.2 Å². The molecule has 0 aromatic carbocycles. The van der Waals surface area contributed by atoms with Gasteiger partial charge in [-0.3, -0.25) is 33.6 Å². The number of carbonyl (C=O) groups excluding carboxylic acids is 6. The van der Waals surface area contributed by atoms with Crippen LogP contribution in [0.4, 0.5) is 0 Å². The maximum Gasteiger partial charge on any atom is 0.303 e. The number of carbonyl (C=O) groups is 7. The van der Waals surface area contributed by atoms with Crippen molar-refractivity contribution < 1.29 is 38.7 Å². The molecule has 17 heteroatoms. The van der Waals surface area contributed by atoms with E-state index < -0.39 is 71.8 Å². The summed E-state index contributed by atoms with van der Waals surface area (Å²) >= 11 is 1.53. The van der Waals surface area contributed by atoms with Crippen LogP contribution in [-0.2, 0) is 33.6 Å². The fraction of sp³-hybridized carbons (Fsp3) is 0.757. The van der Waals surface area contributed by atoms with Gasteiger partial charge in [0, 0.05) is 6.42 Å². The number of carboxylic acid groups (broad SMARTS) is 1. The first kappa shape index (κ1) is 50.5. The minimum Gasteiger partial charge on any atom is -0.481 e. The Morgan fingerprint density at radius 3 is 1.61 bits per heavy atom. The van der Waals surface area contributed by atoms with Crippen molar-refractivity contribution in [2.45, 2.75) is 141 Å². The number of Topliss-reactive ketones (excluding diaryl/α,β-unsaturated/α-hetero) is 1. The molecule has 0 spiro atoms. The first-order chi connectivity index (χ1) is 25.4. The maximum absolute atomic E-state index is 13.9. The number of thioether (sulfide) groups is 1. The van der Waals surface area contributed by atoms with Gasteiger partial charge in [-0.1, -0.05) is 40.7 Å². The van der Waals surface area contributed by atoms with Crippen LogP contribution >= 0.6 is 11.8 Å². The predicted octanol–water partition coefficient (Wildman–Crippen LogP) is 0.851. The molecule has 0 heterocycles. The van der Waals surface area contributed by atoms with Crippen LogP contribution in [0.15, 0.2) is 12.2 Å². The second kappa shape index (κ2) is 28.0. The number of nitrogens with one attached hydrogen (secondary N) is 5.